The second-order valence-corrected chi connectivity index (χ2v) is 13.4. The van der Waals surface area contributed by atoms with Crippen molar-refractivity contribution in [3.05, 3.63) is 136 Å². The molecular formula is C31H28ClNO3PS+. The molecule has 7 heteroatoms. The number of thioether (sulfide) groups is 1. The number of halogens is 1. The van der Waals surface area contributed by atoms with Crippen molar-refractivity contribution in [2.75, 3.05) is 12.9 Å². The van der Waals surface area contributed by atoms with Gasteiger partial charge in [-0.3, -0.25) is 14.9 Å². The first kappa shape index (κ1) is 27.7. The fourth-order valence-electron chi connectivity index (χ4n) is 4.19. The minimum absolute atomic E-state index is 0.0115. The molecule has 0 saturated carbocycles. The number of ether oxygens (including phenoxy) is 1. The second-order valence-electron chi connectivity index (χ2n) is 8.48. The van der Waals surface area contributed by atoms with Gasteiger partial charge in [-0.1, -0.05) is 95.7 Å². The van der Waals surface area contributed by atoms with Crippen LogP contribution in [-0.2, 0) is 9.53 Å². The van der Waals surface area contributed by atoms with Crippen LogP contribution in [0.1, 0.15) is 15.9 Å². The van der Waals surface area contributed by atoms with E-state index < -0.39 is 13.2 Å². The summed E-state index contributed by atoms with van der Waals surface area (Å²) in [5.74, 6) is -0.665. The van der Waals surface area contributed by atoms with Crippen molar-refractivity contribution in [3.63, 3.8) is 0 Å². The van der Waals surface area contributed by atoms with Gasteiger partial charge in [0.05, 0.1) is 12.9 Å². The van der Waals surface area contributed by atoms with Crippen LogP contribution in [0.3, 0.4) is 0 Å². The number of nitrogens with one attached hydrogen (secondary N) is 1. The summed E-state index contributed by atoms with van der Waals surface area (Å²) in [5.41, 5.74) is 2.15. The van der Waals surface area contributed by atoms with E-state index in [0.717, 1.165) is 33.2 Å². The summed E-state index contributed by atoms with van der Waals surface area (Å²) in [7, 11) is -1.39. The van der Waals surface area contributed by atoms with Crippen LogP contribution in [0.2, 0.25) is 0 Å². The van der Waals surface area contributed by atoms with Crippen molar-refractivity contribution in [3.8, 4) is 0 Å². The number of rotatable bonds is 9. The predicted molar refractivity (Wildman–Crippen MR) is 161 cm³/mol. The highest BCUT2D eigenvalue weighted by atomic mass is 35.5. The third-order valence-corrected chi connectivity index (χ3v) is 11.9. The zero-order valence-electron chi connectivity index (χ0n) is 21.1. The van der Waals surface area contributed by atoms with E-state index in [9.17, 15) is 9.59 Å². The van der Waals surface area contributed by atoms with Gasteiger partial charge in [-0.2, -0.15) is 0 Å². The molecule has 4 nitrogen and oxygen atoms in total. The smallest absolute Gasteiger partial charge is 0.316 e. The lowest BCUT2D eigenvalue weighted by molar-refractivity contribution is -0.137. The molecule has 0 atom stereocenters. The van der Waals surface area contributed by atoms with Gasteiger partial charge in [-0.15, -0.1) is 0 Å². The summed E-state index contributed by atoms with van der Waals surface area (Å²) in [6, 6.07) is 37.7. The van der Waals surface area contributed by atoms with E-state index in [4.69, 9.17) is 16.3 Å². The van der Waals surface area contributed by atoms with Gasteiger partial charge in [0, 0.05) is 5.56 Å². The van der Waals surface area contributed by atoms with Gasteiger partial charge in [-0.05, 0) is 55.5 Å². The molecule has 38 heavy (non-hydrogen) atoms. The van der Waals surface area contributed by atoms with E-state index in [0.29, 0.717) is 15.4 Å². The molecule has 0 unspecified atom stereocenters. The molecule has 4 aromatic rings. The molecule has 0 aliphatic carbocycles. The van der Waals surface area contributed by atoms with Gasteiger partial charge in [0.15, 0.2) is 7.26 Å². The Labute approximate surface area is 233 Å². The first-order chi connectivity index (χ1) is 18.5. The maximum absolute atomic E-state index is 13.7. The molecule has 0 bridgehead atoms. The molecule has 0 radical (unpaired) electrons. The Kier molecular flexibility index (Phi) is 9.41. The molecule has 0 heterocycles. The van der Waals surface area contributed by atoms with Crippen LogP contribution in [0.25, 0.3) is 0 Å². The second kappa shape index (κ2) is 12.9. The Hall–Kier alpha value is -3.37. The van der Waals surface area contributed by atoms with E-state index in [1.54, 1.807) is 12.1 Å². The minimum Gasteiger partial charge on any atom is -0.468 e. The van der Waals surface area contributed by atoms with E-state index >= 15 is 0 Å². The van der Waals surface area contributed by atoms with Gasteiger partial charge in [0.2, 0.25) is 5.44 Å². The van der Waals surface area contributed by atoms with Crippen molar-refractivity contribution in [1.29, 1.82) is 0 Å². The number of amides is 1. The summed E-state index contributed by atoms with van der Waals surface area (Å²) >= 11 is 8.24. The predicted octanol–water partition coefficient (Wildman–Crippen LogP) is 5.99. The van der Waals surface area contributed by atoms with Crippen LogP contribution in [0.5, 0.6) is 0 Å². The molecule has 1 amide bonds. The van der Waals surface area contributed by atoms with Gasteiger partial charge >= 0.3 is 5.97 Å². The standard InChI is InChI=1S/C31H27ClNO3PS/c1-23-18-20-24(21-19-23)30(35)33-31(29(32)38-22-28(34)36-2)37(25-12-6-3-7-13-25,26-14-8-4-9-15-26)27-16-10-5-11-17-27/h3-21H,22H2,1-2H3/p+1/b31-29+. The Bertz CT molecular complexity index is 1320. The van der Waals surface area contributed by atoms with Crippen LogP contribution in [0, 0.1) is 6.92 Å². The highest BCUT2D eigenvalue weighted by molar-refractivity contribution is 8.06. The third-order valence-electron chi connectivity index (χ3n) is 6.04. The lowest BCUT2D eigenvalue weighted by Gasteiger charge is -2.30. The number of carbonyl (C=O) groups is 2. The largest absolute Gasteiger partial charge is 0.468 e. The maximum Gasteiger partial charge on any atom is 0.316 e. The summed E-state index contributed by atoms with van der Waals surface area (Å²) in [6.45, 7) is 1.98. The zero-order chi connectivity index (χ0) is 27.0. The van der Waals surface area contributed by atoms with Gasteiger partial charge < -0.3 is 4.74 Å². The zero-order valence-corrected chi connectivity index (χ0v) is 23.6. The van der Waals surface area contributed by atoms with Crippen LogP contribution in [0.4, 0.5) is 0 Å². The van der Waals surface area contributed by atoms with Gasteiger partial charge in [0.1, 0.15) is 20.3 Å². The first-order valence-corrected chi connectivity index (χ1v) is 15.2. The summed E-state index contributed by atoms with van der Waals surface area (Å²) in [5, 5.41) is 6.28. The van der Waals surface area contributed by atoms with Crippen molar-refractivity contribution in [1.82, 2.24) is 5.32 Å². The summed E-state index contributed by atoms with van der Waals surface area (Å²) < 4.78 is 5.20. The van der Waals surface area contributed by atoms with Crippen molar-refractivity contribution in [2.45, 2.75) is 6.92 Å². The van der Waals surface area contributed by atoms with E-state index in [-0.39, 0.29) is 11.7 Å². The lowest BCUT2D eigenvalue weighted by atomic mass is 10.1. The number of carbonyl (C=O) groups excluding carboxylic acids is 2. The number of esters is 1. The van der Waals surface area contributed by atoms with Crippen LogP contribution in [0.15, 0.2) is 125 Å². The monoisotopic (exact) mass is 560 g/mol. The van der Waals surface area contributed by atoms with Crippen LogP contribution >= 0.6 is 30.6 Å². The van der Waals surface area contributed by atoms with Crippen LogP contribution in [-0.4, -0.2) is 24.7 Å². The highest BCUT2D eigenvalue weighted by Crippen LogP contribution is 2.63. The number of benzene rings is 4. The summed E-state index contributed by atoms with van der Waals surface area (Å²) in [4.78, 5) is 25.8. The van der Waals surface area contributed by atoms with Gasteiger partial charge in [-0.25, -0.2) is 0 Å². The average Bonchev–Trinajstić information content (AvgIpc) is 2.97. The fourth-order valence-corrected chi connectivity index (χ4v) is 9.99. The Morgan fingerprint density at radius 1 is 0.763 bits per heavy atom. The van der Waals surface area contributed by atoms with Crippen LogP contribution < -0.4 is 21.2 Å². The van der Waals surface area contributed by atoms with Crippen molar-refractivity contribution in [2.24, 2.45) is 0 Å². The molecule has 0 aromatic heterocycles. The van der Waals surface area contributed by atoms with E-state index in [2.05, 4.69) is 41.7 Å². The topological polar surface area (TPSA) is 55.4 Å². The Morgan fingerprint density at radius 2 is 1.21 bits per heavy atom. The average molecular weight is 561 g/mol. The fraction of sp³-hybridized carbons (Fsp3) is 0.0968. The molecule has 1 N–H and O–H groups in total. The molecule has 0 spiro atoms. The number of hydrogen-bond acceptors (Lipinski definition) is 4. The normalized spacial score (nSPS) is 11.9. The van der Waals surface area contributed by atoms with Crippen molar-refractivity contribution < 1.29 is 14.3 Å². The third kappa shape index (κ3) is 6.02. The first-order valence-electron chi connectivity index (χ1n) is 12.0. The van der Waals surface area contributed by atoms with E-state index in [1.807, 2.05) is 73.7 Å². The SMILES string of the molecule is COC(=O)CS/C(Cl)=C(\NC(=O)c1ccc(C)cc1)[P+](c1ccccc1)(c1ccccc1)c1ccccc1. The van der Waals surface area contributed by atoms with E-state index in [1.165, 1.54) is 7.11 Å². The Balaban J connectivity index is 2.02. The number of aryl methyl sites for hydroxylation is 1. The van der Waals surface area contributed by atoms with Gasteiger partial charge in [0.25, 0.3) is 5.91 Å². The molecule has 0 aliphatic rings. The molecule has 4 rings (SSSR count). The molecular weight excluding hydrogens is 533 g/mol. The van der Waals surface area contributed by atoms with Crippen molar-refractivity contribution >= 4 is 58.4 Å². The molecule has 4 aromatic carbocycles. The summed E-state index contributed by atoms with van der Waals surface area (Å²) in [6.07, 6.45) is 0. The number of hydrogen-bond donors (Lipinski definition) is 1. The highest BCUT2D eigenvalue weighted by Gasteiger charge is 2.52. The molecule has 192 valence electrons. The molecule has 0 aliphatic heterocycles. The molecule has 0 fully saturated rings. The maximum atomic E-state index is 13.7. The quantitative estimate of drug-likeness (QED) is 0.202. The number of methoxy groups -OCH3 is 1. The molecule has 0 saturated heterocycles. The lowest BCUT2D eigenvalue weighted by Crippen LogP contribution is -2.38. The minimum atomic E-state index is -2.73. The Morgan fingerprint density at radius 3 is 1.63 bits per heavy atom.